The summed E-state index contributed by atoms with van der Waals surface area (Å²) in [5.41, 5.74) is 6.24. The first-order valence-corrected chi connectivity index (χ1v) is 11.7. The van der Waals surface area contributed by atoms with E-state index in [-0.39, 0.29) is 18.1 Å². The summed E-state index contributed by atoms with van der Waals surface area (Å²) in [5.74, 6) is 5.46. The zero-order chi connectivity index (χ0) is 24.8. The maximum atomic E-state index is 12.8. The van der Waals surface area contributed by atoms with Crippen molar-refractivity contribution in [1.82, 2.24) is 0 Å². The van der Waals surface area contributed by atoms with E-state index in [4.69, 9.17) is 9.84 Å². The van der Waals surface area contributed by atoms with Crippen molar-refractivity contribution in [3.63, 3.8) is 0 Å². The second-order valence-electron chi connectivity index (χ2n) is 8.48. The Morgan fingerprint density at radius 3 is 2.54 bits per heavy atom. The first kappa shape index (κ1) is 24.2. The lowest BCUT2D eigenvalue weighted by Crippen LogP contribution is -2.24. The van der Waals surface area contributed by atoms with Gasteiger partial charge < -0.3 is 14.7 Å². The minimum atomic E-state index is -0.877. The Bertz CT molecular complexity index is 1260. The number of hydrogen-bond acceptors (Lipinski definition) is 4. The highest BCUT2D eigenvalue weighted by Gasteiger charge is 2.20. The molecular weight excluding hydrogens is 445 g/mol. The second-order valence-corrected chi connectivity index (χ2v) is 8.48. The van der Waals surface area contributed by atoms with E-state index in [1.165, 1.54) is 0 Å². The van der Waals surface area contributed by atoms with E-state index in [1.807, 2.05) is 30.3 Å². The fourth-order valence-electron chi connectivity index (χ4n) is 4.52. The van der Waals surface area contributed by atoms with E-state index >= 15 is 0 Å². The van der Waals surface area contributed by atoms with E-state index in [0.717, 1.165) is 53.0 Å². The van der Waals surface area contributed by atoms with Crippen LogP contribution < -0.4 is 14.6 Å². The molecule has 6 heteroatoms. The Morgan fingerprint density at radius 2 is 1.86 bits per heavy atom. The number of anilines is 1. The average molecular weight is 474 g/mol. The maximum absolute atomic E-state index is 12.8. The number of carbonyl (C=O) groups is 1. The van der Waals surface area contributed by atoms with Crippen LogP contribution in [0.1, 0.15) is 42.9 Å². The summed E-state index contributed by atoms with van der Waals surface area (Å²) in [4.78, 5) is 17.4. The lowest BCUT2D eigenvalue weighted by molar-refractivity contribution is -0.137. The minimum Gasteiger partial charge on any atom is -0.489 e. The summed E-state index contributed by atoms with van der Waals surface area (Å²) in [6.45, 7) is 5.94. The first-order valence-electron chi connectivity index (χ1n) is 11.7. The molecule has 0 bridgehead atoms. The van der Waals surface area contributed by atoms with Crippen LogP contribution >= 0.6 is 0 Å². The van der Waals surface area contributed by atoms with Gasteiger partial charge in [-0.25, -0.2) is 0 Å². The molecule has 0 saturated carbocycles. The third-order valence-electron chi connectivity index (χ3n) is 6.28. The van der Waals surface area contributed by atoms with Crippen LogP contribution in [-0.4, -0.2) is 24.2 Å². The highest BCUT2D eigenvalue weighted by atomic mass is 19.3. The van der Waals surface area contributed by atoms with E-state index < -0.39 is 5.97 Å². The molecule has 35 heavy (non-hydrogen) atoms. The van der Waals surface area contributed by atoms with Crippen molar-refractivity contribution in [2.24, 2.45) is 0 Å². The van der Waals surface area contributed by atoms with E-state index in [2.05, 4.69) is 46.8 Å². The van der Waals surface area contributed by atoms with Crippen molar-refractivity contribution in [3.05, 3.63) is 77.4 Å². The third kappa shape index (κ3) is 5.58. The molecule has 4 rings (SSSR count). The van der Waals surface area contributed by atoms with Crippen molar-refractivity contribution in [2.75, 3.05) is 18.0 Å². The number of nitrogens with zero attached hydrogens (tertiary/aromatic N) is 1. The van der Waals surface area contributed by atoms with Crippen LogP contribution in [0.2, 0.25) is 0 Å². The molecule has 5 nitrogen and oxygen atoms in total. The van der Waals surface area contributed by atoms with Gasteiger partial charge in [0.05, 0.1) is 12.3 Å². The molecule has 1 aliphatic heterocycles. The van der Waals surface area contributed by atoms with E-state index in [1.54, 1.807) is 19.1 Å². The topological polar surface area (TPSA) is 59.0 Å². The predicted octanol–water partition coefficient (Wildman–Crippen LogP) is 6.16. The van der Waals surface area contributed by atoms with Crippen LogP contribution in [0.25, 0.3) is 11.1 Å². The summed E-state index contributed by atoms with van der Waals surface area (Å²) in [6, 6.07) is 19.1. The van der Waals surface area contributed by atoms with E-state index in [9.17, 15) is 9.32 Å². The number of aliphatic carboxylic acids is 1. The maximum Gasteiger partial charge on any atom is 0.304 e. The van der Waals surface area contributed by atoms with Crippen molar-refractivity contribution < 1.29 is 24.1 Å². The van der Waals surface area contributed by atoms with Gasteiger partial charge in [0.25, 0.3) is 0 Å². The molecular formula is C29H28FNO4. The monoisotopic (exact) mass is 473 g/mol. The van der Waals surface area contributed by atoms with Crippen molar-refractivity contribution in [1.29, 1.82) is 0 Å². The summed E-state index contributed by atoms with van der Waals surface area (Å²) in [5, 5.41) is 9.14. The minimum absolute atomic E-state index is 0.0363. The highest BCUT2D eigenvalue weighted by Crippen LogP contribution is 2.38. The van der Waals surface area contributed by atoms with Gasteiger partial charge in [0, 0.05) is 28.9 Å². The second kappa shape index (κ2) is 11.0. The van der Waals surface area contributed by atoms with Gasteiger partial charge in [0.15, 0.2) is 5.75 Å². The SMILES string of the molecule is CC#C[C@@H](CC(=O)O)c1ccc(OCc2ccc3c(c2)-c2ccc(OF)cc2CCN3CC)cc1. The number of rotatable bonds is 8. The summed E-state index contributed by atoms with van der Waals surface area (Å²) in [7, 11) is 0. The molecule has 3 aromatic carbocycles. The zero-order valence-corrected chi connectivity index (χ0v) is 19.9. The molecule has 1 aliphatic rings. The van der Waals surface area contributed by atoms with Gasteiger partial charge in [0.1, 0.15) is 12.4 Å². The number of ether oxygens (including phenoxy) is 1. The molecule has 0 fully saturated rings. The molecule has 0 radical (unpaired) electrons. The van der Waals surface area contributed by atoms with Gasteiger partial charge in [-0.05, 0) is 78.9 Å². The van der Waals surface area contributed by atoms with Gasteiger partial charge in [-0.3, -0.25) is 9.74 Å². The van der Waals surface area contributed by atoms with Gasteiger partial charge >= 0.3 is 5.97 Å². The molecule has 0 spiro atoms. The molecule has 0 saturated heterocycles. The molecule has 3 aromatic rings. The molecule has 0 aromatic heterocycles. The van der Waals surface area contributed by atoms with Crippen molar-refractivity contribution in [2.45, 2.75) is 39.2 Å². The van der Waals surface area contributed by atoms with Crippen molar-refractivity contribution >= 4 is 11.7 Å². The molecule has 1 atom stereocenters. The summed E-state index contributed by atoms with van der Waals surface area (Å²) in [6.07, 6.45) is 0.768. The molecule has 1 N–H and O–H groups in total. The number of benzene rings is 3. The Labute approximate surface area is 205 Å². The largest absolute Gasteiger partial charge is 0.489 e. The smallest absolute Gasteiger partial charge is 0.304 e. The Balaban J connectivity index is 1.55. The number of carboxylic acid groups (broad SMARTS) is 1. The van der Waals surface area contributed by atoms with Gasteiger partial charge in [-0.15, -0.1) is 5.92 Å². The molecule has 1 heterocycles. The van der Waals surface area contributed by atoms with Gasteiger partial charge in [0.2, 0.25) is 0 Å². The fourth-order valence-corrected chi connectivity index (χ4v) is 4.52. The van der Waals surface area contributed by atoms with Gasteiger partial charge in [-0.2, -0.15) is 0 Å². The van der Waals surface area contributed by atoms with Gasteiger partial charge in [-0.1, -0.05) is 30.2 Å². The highest BCUT2D eigenvalue weighted by molar-refractivity contribution is 5.83. The quantitative estimate of drug-likeness (QED) is 0.397. The normalized spacial score (nSPS) is 12.9. The number of likely N-dealkylation sites (N-methyl/N-ethyl adjacent to an activating group) is 1. The van der Waals surface area contributed by atoms with Crippen LogP contribution in [0.3, 0.4) is 0 Å². The molecule has 0 amide bonds. The molecule has 180 valence electrons. The lowest BCUT2D eigenvalue weighted by Gasteiger charge is -2.23. The summed E-state index contributed by atoms with van der Waals surface area (Å²) >= 11 is 0. The number of halogens is 1. The van der Waals surface area contributed by atoms with Crippen LogP contribution in [-0.2, 0) is 17.8 Å². The third-order valence-corrected chi connectivity index (χ3v) is 6.28. The molecule has 0 unspecified atom stereocenters. The van der Waals surface area contributed by atoms with Crippen molar-refractivity contribution in [3.8, 4) is 34.5 Å². The zero-order valence-electron chi connectivity index (χ0n) is 19.9. The lowest BCUT2D eigenvalue weighted by atomic mass is 9.96. The van der Waals surface area contributed by atoms with Crippen LogP contribution in [0.5, 0.6) is 11.5 Å². The van der Waals surface area contributed by atoms with Crippen LogP contribution in [0, 0.1) is 11.8 Å². The average Bonchev–Trinajstić information content (AvgIpc) is 3.03. The fraction of sp³-hybridized carbons (Fsp3) is 0.276. The Morgan fingerprint density at radius 1 is 1.09 bits per heavy atom. The Kier molecular flexibility index (Phi) is 7.57. The van der Waals surface area contributed by atoms with Crippen LogP contribution in [0.4, 0.5) is 10.2 Å². The van der Waals surface area contributed by atoms with Crippen LogP contribution in [0.15, 0.2) is 60.7 Å². The Hall–Kier alpha value is -3.98. The standard InChI is InChI=1S/C29H28FNO4/c1-3-5-22(18-29(32)33)21-7-9-24(10-8-21)34-19-20-6-13-28-27(16-20)26-12-11-25(35-30)17-23(26)14-15-31(28)4-2/h6-13,16-17,22H,4,14-15,18-19H2,1-2H3,(H,32,33)/t22-/m0/s1. The number of hydrogen-bond donors (Lipinski definition) is 1. The number of fused-ring (bicyclic) bond motifs is 3. The van der Waals surface area contributed by atoms with E-state index in [0.29, 0.717) is 12.4 Å². The number of carboxylic acids is 1. The molecule has 0 aliphatic carbocycles. The predicted molar refractivity (Wildman–Crippen MR) is 134 cm³/mol. The first-order chi connectivity index (χ1) is 17.0. The summed E-state index contributed by atoms with van der Waals surface area (Å²) < 4.78 is 18.8.